The van der Waals surface area contributed by atoms with Gasteiger partial charge < -0.3 is 5.32 Å². The van der Waals surface area contributed by atoms with Gasteiger partial charge in [-0.15, -0.1) is 0 Å². The number of benzene rings is 1. The second-order valence-electron chi connectivity index (χ2n) is 7.98. The maximum atomic E-state index is 12.5. The molecule has 0 aromatic heterocycles. The van der Waals surface area contributed by atoms with Crippen molar-refractivity contribution in [3.05, 3.63) is 34.3 Å². The van der Waals surface area contributed by atoms with Gasteiger partial charge in [-0.2, -0.15) is 0 Å². The number of amides is 1. The van der Waals surface area contributed by atoms with Gasteiger partial charge in [-0.3, -0.25) is 4.79 Å². The molecular weight excluding hydrogens is 338 g/mol. The van der Waals surface area contributed by atoms with Crippen LogP contribution in [0, 0.1) is 23.2 Å². The zero-order valence-electron chi connectivity index (χ0n) is 13.1. The fraction of sp³-hybridized carbons (Fsp3) is 0.632. The predicted octanol–water partition coefficient (Wildman–Crippen LogP) is 4.78. The largest absolute Gasteiger partial charge is 0.349 e. The summed E-state index contributed by atoms with van der Waals surface area (Å²) in [6.07, 6.45) is 8.36. The fourth-order valence-corrected chi connectivity index (χ4v) is 6.01. The molecule has 1 amide bonds. The summed E-state index contributed by atoms with van der Waals surface area (Å²) in [5.41, 5.74) is 1.14. The Morgan fingerprint density at radius 3 is 2.09 bits per heavy atom. The molecule has 4 saturated carbocycles. The van der Waals surface area contributed by atoms with E-state index in [1.165, 1.54) is 38.5 Å². The van der Waals surface area contributed by atoms with Crippen molar-refractivity contribution in [1.82, 2.24) is 5.32 Å². The standard InChI is InChI=1S/C19H24BrNO/c1-12(21-18(22)16-2-4-17(20)5-3-16)19-9-13-6-14(10-19)8-15(7-13)11-19/h2-5,12-15H,6-11H2,1H3,(H,21,22)/t12-,13?,14?,15?,19?/m0/s1. The molecule has 1 aromatic carbocycles. The highest BCUT2D eigenvalue weighted by Crippen LogP contribution is 2.61. The summed E-state index contributed by atoms with van der Waals surface area (Å²) >= 11 is 3.42. The van der Waals surface area contributed by atoms with Crippen LogP contribution in [0.4, 0.5) is 0 Å². The molecule has 4 aliphatic rings. The van der Waals surface area contributed by atoms with Gasteiger partial charge in [-0.05, 0) is 92.9 Å². The van der Waals surface area contributed by atoms with Gasteiger partial charge in [0.05, 0.1) is 0 Å². The van der Waals surface area contributed by atoms with E-state index in [9.17, 15) is 4.79 Å². The fourth-order valence-electron chi connectivity index (χ4n) is 5.74. The van der Waals surface area contributed by atoms with Crippen molar-refractivity contribution in [2.45, 2.75) is 51.5 Å². The molecule has 3 heteroatoms. The molecular formula is C19H24BrNO. The van der Waals surface area contributed by atoms with Crippen molar-refractivity contribution in [2.24, 2.45) is 23.2 Å². The minimum atomic E-state index is 0.0794. The highest BCUT2D eigenvalue weighted by molar-refractivity contribution is 9.10. The van der Waals surface area contributed by atoms with Crippen LogP contribution < -0.4 is 5.32 Å². The summed E-state index contributed by atoms with van der Waals surface area (Å²) < 4.78 is 1.01. The molecule has 0 spiro atoms. The first kappa shape index (κ1) is 14.7. The Kier molecular flexibility index (Phi) is 3.60. The van der Waals surface area contributed by atoms with Crippen LogP contribution in [0.5, 0.6) is 0 Å². The normalized spacial score (nSPS) is 37.1. The average molecular weight is 362 g/mol. The van der Waals surface area contributed by atoms with E-state index in [0.717, 1.165) is 27.8 Å². The summed E-state index contributed by atoms with van der Waals surface area (Å²) in [4.78, 5) is 12.5. The number of nitrogens with one attached hydrogen (secondary N) is 1. The first-order chi connectivity index (χ1) is 10.5. The van der Waals surface area contributed by atoms with Gasteiger partial charge in [0, 0.05) is 16.1 Å². The Morgan fingerprint density at radius 1 is 1.09 bits per heavy atom. The molecule has 2 nitrogen and oxygen atoms in total. The average Bonchev–Trinajstić information content (AvgIpc) is 2.46. The van der Waals surface area contributed by atoms with Gasteiger partial charge in [0.1, 0.15) is 0 Å². The first-order valence-electron chi connectivity index (χ1n) is 8.60. The predicted molar refractivity (Wildman–Crippen MR) is 91.7 cm³/mol. The molecule has 4 aliphatic carbocycles. The molecule has 0 radical (unpaired) electrons. The first-order valence-corrected chi connectivity index (χ1v) is 9.40. The van der Waals surface area contributed by atoms with Crippen LogP contribution in [-0.2, 0) is 0 Å². The molecule has 5 rings (SSSR count). The van der Waals surface area contributed by atoms with Crippen LogP contribution in [0.25, 0.3) is 0 Å². The van der Waals surface area contributed by atoms with Gasteiger partial charge >= 0.3 is 0 Å². The van der Waals surface area contributed by atoms with Gasteiger partial charge in [-0.1, -0.05) is 15.9 Å². The molecule has 0 saturated heterocycles. The Balaban J connectivity index is 1.49. The van der Waals surface area contributed by atoms with E-state index in [2.05, 4.69) is 28.2 Å². The maximum Gasteiger partial charge on any atom is 0.251 e. The van der Waals surface area contributed by atoms with Crippen molar-refractivity contribution in [3.8, 4) is 0 Å². The Morgan fingerprint density at radius 2 is 1.59 bits per heavy atom. The monoisotopic (exact) mass is 361 g/mol. The highest BCUT2D eigenvalue weighted by atomic mass is 79.9. The van der Waals surface area contributed by atoms with E-state index in [1.807, 2.05) is 24.3 Å². The second-order valence-corrected chi connectivity index (χ2v) is 8.90. The molecule has 0 heterocycles. The number of hydrogen-bond donors (Lipinski definition) is 1. The highest BCUT2D eigenvalue weighted by Gasteiger charge is 2.53. The Labute approximate surface area is 141 Å². The minimum absolute atomic E-state index is 0.0794. The minimum Gasteiger partial charge on any atom is -0.349 e. The molecule has 1 atom stereocenters. The van der Waals surface area contributed by atoms with Crippen molar-refractivity contribution in [2.75, 3.05) is 0 Å². The van der Waals surface area contributed by atoms with Crippen molar-refractivity contribution in [3.63, 3.8) is 0 Å². The molecule has 22 heavy (non-hydrogen) atoms. The summed E-state index contributed by atoms with van der Waals surface area (Å²) in [5, 5.41) is 3.32. The molecule has 4 fully saturated rings. The summed E-state index contributed by atoms with van der Waals surface area (Å²) in [7, 11) is 0. The lowest BCUT2D eigenvalue weighted by Gasteiger charge is -2.59. The molecule has 1 N–H and O–H groups in total. The van der Waals surface area contributed by atoms with Gasteiger partial charge in [0.15, 0.2) is 0 Å². The van der Waals surface area contributed by atoms with E-state index >= 15 is 0 Å². The number of rotatable bonds is 3. The second kappa shape index (κ2) is 5.36. The Bertz CT molecular complexity index is 544. The SMILES string of the molecule is C[C@H](NC(=O)c1ccc(Br)cc1)C12CC3CC(CC(C3)C1)C2. The number of carbonyl (C=O) groups is 1. The van der Waals surface area contributed by atoms with Crippen molar-refractivity contribution >= 4 is 21.8 Å². The third kappa shape index (κ3) is 2.51. The van der Waals surface area contributed by atoms with E-state index in [4.69, 9.17) is 0 Å². The van der Waals surface area contributed by atoms with Crippen LogP contribution in [-0.4, -0.2) is 11.9 Å². The molecule has 118 valence electrons. The molecule has 1 aromatic rings. The van der Waals surface area contributed by atoms with Gasteiger partial charge in [0.2, 0.25) is 0 Å². The van der Waals surface area contributed by atoms with Crippen LogP contribution in [0.15, 0.2) is 28.7 Å². The maximum absolute atomic E-state index is 12.5. The van der Waals surface area contributed by atoms with Crippen LogP contribution in [0.1, 0.15) is 55.8 Å². The van der Waals surface area contributed by atoms with Gasteiger partial charge in [-0.25, -0.2) is 0 Å². The number of carbonyl (C=O) groups excluding carboxylic acids is 1. The summed E-state index contributed by atoms with van der Waals surface area (Å²) in [5.74, 6) is 2.87. The summed E-state index contributed by atoms with van der Waals surface area (Å²) in [6.45, 7) is 2.24. The van der Waals surface area contributed by atoms with Crippen LogP contribution in [0.2, 0.25) is 0 Å². The molecule has 4 bridgehead atoms. The van der Waals surface area contributed by atoms with E-state index in [1.54, 1.807) is 0 Å². The lowest BCUT2D eigenvalue weighted by atomic mass is 9.48. The number of halogens is 1. The third-order valence-corrected chi connectivity index (χ3v) is 6.99. The lowest BCUT2D eigenvalue weighted by Crippen LogP contribution is -2.55. The third-order valence-electron chi connectivity index (χ3n) is 6.46. The van der Waals surface area contributed by atoms with Crippen LogP contribution in [0.3, 0.4) is 0 Å². The van der Waals surface area contributed by atoms with E-state index in [0.29, 0.717) is 5.41 Å². The number of hydrogen-bond acceptors (Lipinski definition) is 1. The summed E-state index contributed by atoms with van der Waals surface area (Å²) in [6, 6.07) is 7.95. The zero-order valence-corrected chi connectivity index (χ0v) is 14.7. The Hall–Kier alpha value is -0.830. The zero-order chi connectivity index (χ0) is 15.3. The van der Waals surface area contributed by atoms with Gasteiger partial charge in [0.25, 0.3) is 5.91 Å². The van der Waals surface area contributed by atoms with E-state index in [-0.39, 0.29) is 11.9 Å². The van der Waals surface area contributed by atoms with Crippen LogP contribution >= 0.6 is 15.9 Å². The van der Waals surface area contributed by atoms with Crippen molar-refractivity contribution in [1.29, 1.82) is 0 Å². The molecule has 0 aliphatic heterocycles. The van der Waals surface area contributed by atoms with E-state index < -0.39 is 0 Å². The molecule has 0 unspecified atom stereocenters. The topological polar surface area (TPSA) is 29.1 Å². The quantitative estimate of drug-likeness (QED) is 0.824. The van der Waals surface area contributed by atoms with Crippen molar-refractivity contribution < 1.29 is 4.79 Å². The lowest BCUT2D eigenvalue weighted by molar-refractivity contribution is -0.0688. The smallest absolute Gasteiger partial charge is 0.251 e.